The van der Waals surface area contributed by atoms with Crippen molar-refractivity contribution in [2.45, 2.75) is 39.4 Å². The third kappa shape index (κ3) is 5.55. The highest BCUT2D eigenvalue weighted by Crippen LogP contribution is 2.15. The molecule has 1 heterocycles. The van der Waals surface area contributed by atoms with Crippen LogP contribution in [-0.2, 0) is 12.2 Å². The van der Waals surface area contributed by atoms with Crippen LogP contribution in [0.15, 0.2) is 4.52 Å². The molecule has 0 radical (unpaired) electrons. The average molecular weight is 257 g/mol. The maximum atomic E-state index is 5.66. The van der Waals surface area contributed by atoms with Crippen LogP contribution >= 0.6 is 11.8 Å². The number of hydrogen-bond donors (Lipinski definition) is 1. The van der Waals surface area contributed by atoms with Gasteiger partial charge in [-0.25, -0.2) is 0 Å². The Balaban J connectivity index is 2.37. The number of nitrogens with zero attached hydrogens (tertiary/aromatic N) is 2. The van der Waals surface area contributed by atoms with Crippen molar-refractivity contribution in [1.82, 2.24) is 10.1 Å². The Morgan fingerprint density at radius 3 is 2.76 bits per heavy atom. The van der Waals surface area contributed by atoms with Crippen LogP contribution in [0, 0.1) is 11.8 Å². The van der Waals surface area contributed by atoms with Crippen LogP contribution in [0.2, 0.25) is 0 Å². The lowest BCUT2D eigenvalue weighted by Crippen LogP contribution is -2.16. The normalized spacial score (nSPS) is 13.2. The Morgan fingerprint density at radius 2 is 2.18 bits per heavy atom. The van der Waals surface area contributed by atoms with E-state index < -0.39 is 0 Å². The zero-order valence-corrected chi connectivity index (χ0v) is 11.8. The molecule has 5 heteroatoms. The summed E-state index contributed by atoms with van der Waals surface area (Å²) in [5.41, 5.74) is 5.66. The monoisotopic (exact) mass is 257 g/mol. The fourth-order valence-corrected chi connectivity index (χ4v) is 2.35. The molecule has 1 unspecified atom stereocenters. The molecule has 1 aromatic rings. The minimum Gasteiger partial charge on any atom is -0.339 e. The van der Waals surface area contributed by atoms with Gasteiger partial charge < -0.3 is 10.3 Å². The Hall–Kier alpha value is -0.550. The minimum absolute atomic E-state index is 0.451. The molecule has 0 spiro atoms. The molecule has 17 heavy (non-hydrogen) atoms. The van der Waals surface area contributed by atoms with Crippen LogP contribution < -0.4 is 5.73 Å². The van der Waals surface area contributed by atoms with Crippen LogP contribution in [0.1, 0.15) is 38.9 Å². The molecule has 98 valence electrons. The van der Waals surface area contributed by atoms with Crippen molar-refractivity contribution in [3.63, 3.8) is 0 Å². The molecule has 2 N–H and O–H groups in total. The van der Waals surface area contributed by atoms with Crippen molar-refractivity contribution in [3.05, 3.63) is 11.7 Å². The van der Waals surface area contributed by atoms with Gasteiger partial charge >= 0.3 is 0 Å². The van der Waals surface area contributed by atoms with Gasteiger partial charge in [0.1, 0.15) is 0 Å². The van der Waals surface area contributed by atoms with Crippen molar-refractivity contribution in [3.8, 4) is 0 Å². The van der Waals surface area contributed by atoms with Crippen molar-refractivity contribution in [2.75, 3.05) is 12.3 Å². The molecule has 0 aliphatic heterocycles. The van der Waals surface area contributed by atoms with Gasteiger partial charge in [0.15, 0.2) is 5.82 Å². The first kappa shape index (κ1) is 14.5. The van der Waals surface area contributed by atoms with Crippen molar-refractivity contribution in [1.29, 1.82) is 0 Å². The lowest BCUT2D eigenvalue weighted by molar-refractivity contribution is 0.348. The van der Waals surface area contributed by atoms with E-state index in [-0.39, 0.29) is 0 Å². The van der Waals surface area contributed by atoms with E-state index in [2.05, 4.69) is 30.9 Å². The maximum Gasteiger partial charge on any atom is 0.226 e. The summed E-state index contributed by atoms with van der Waals surface area (Å²) in [6, 6.07) is 0. The van der Waals surface area contributed by atoms with Gasteiger partial charge in [0.25, 0.3) is 0 Å². The number of aromatic nitrogens is 2. The van der Waals surface area contributed by atoms with E-state index in [1.165, 1.54) is 0 Å². The Morgan fingerprint density at radius 1 is 1.41 bits per heavy atom. The number of hydrogen-bond acceptors (Lipinski definition) is 5. The quantitative estimate of drug-likeness (QED) is 0.775. The van der Waals surface area contributed by atoms with Crippen LogP contribution in [0.3, 0.4) is 0 Å². The summed E-state index contributed by atoms with van der Waals surface area (Å²) in [6.07, 6.45) is 1.85. The van der Waals surface area contributed by atoms with Crippen LogP contribution in [0.4, 0.5) is 0 Å². The second kappa shape index (κ2) is 7.71. The van der Waals surface area contributed by atoms with Gasteiger partial charge in [-0.05, 0) is 24.1 Å². The summed E-state index contributed by atoms with van der Waals surface area (Å²) < 4.78 is 5.23. The van der Waals surface area contributed by atoms with Crippen molar-refractivity contribution in [2.24, 2.45) is 17.6 Å². The largest absolute Gasteiger partial charge is 0.339 e. The fourth-order valence-electron chi connectivity index (χ4n) is 1.46. The molecule has 1 rings (SSSR count). The number of nitrogens with two attached hydrogens (primary N) is 1. The average Bonchev–Trinajstić information content (AvgIpc) is 2.73. The Labute approximate surface area is 108 Å². The SMILES string of the molecule is CCC(CN)Cc1nc(CSCC(C)C)no1. The molecule has 0 saturated heterocycles. The lowest BCUT2D eigenvalue weighted by atomic mass is 10.0. The molecular formula is C12H23N3OS. The van der Waals surface area contributed by atoms with Gasteiger partial charge in [0, 0.05) is 6.42 Å². The second-order valence-electron chi connectivity index (χ2n) is 4.73. The molecule has 1 aromatic heterocycles. The molecule has 0 saturated carbocycles. The van der Waals surface area contributed by atoms with Gasteiger partial charge in [-0.3, -0.25) is 0 Å². The zero-order chi connectivity index (χ0) is 12.7. The summed E-state index contributed by atoms with van der Waals surface area (Å²) in [4.78, 5) is 4.39. The molecule has 1 atom stereocenters. The summed E-state index contributed by atoms with van der Waals surface area (Å²) in [5.74, 6) is 4.64. The first-order chi connectivity index (χ1) is 8.15. The van der Waals surface area contributed by atoms with Gasteiger partial charge in [-0.15, -0.1) is 0 Å². The van der Waals surface area contributed by atoms with E-state index >= 15 is 0 Å². The molecule has 4 nitrogen and oxygen atoms in total. The number of rotatable bonds is 8. The van der Waals surface area contributed by atoms with Gasteiger partial charge in [0.2, 0.25) is 5.89 Å². The van der Waals surface area contributed by atoms with E-state index in [1.807, 2.05) is 11.8 Å². The van der Waals surface area contributed by atoms with Gasteiger partial charge in [-0.1, -0.05) is 32.3 Å². The minimum atomic E-state index is 0.451. The second-order valence-corrected chi connectivity index (χ2v) is 5.76. The lowest BCUT2D eigenvalue weighted by Gasteiger charge is -2.07. The third-order valence-corrected chi connectivity index (χ3v) is 3.93. The highest BCUT2D eigenvalue weighted by atomic mass is 32.2. The summed E-state index contributed by atoms with van der Waals surface area (Å²) in [7, 11) is 0. The van der Waals surface area contributed by atoms with Crippen molar-refractivity contribution >= 4 is 11.8 Å². The Bertz CT molecular complexity index is 310. The highest BCUT2D eigenvalue weighted by Gasteiger charge is 2.12. The standard InChI is InChI=1S/C12H23N3OS/c1-4-10(6-13)5-12-14-11(15-16-12)8-17-7-9(2)3/h9-10H,4-8,13H2,1-3H3. The fraction of sp³-hybridized carbons (Fsp3) is 0.833. The summed E-state index contributed by atoms with van der Waals surface area (Å²) in [5, 5.41) is 3.99. The Kier molecular flexibility index (Phi) is 6.58. The maximum absolute atomic E-state index is 5.66. The molecule has 0 aliphatic carbocycles. The first-order valence-corrected chi connectivity index (χ1v) is 7.40. The third-order valence-electron chi connectivity index (χ3n) is 2.57. The topological polar surface area (TPSA) is 64.9 Å². The summed E-state index contributed by atoms with van der Waals surface area (Å²) >= 11 is 1.85. The van der Waals surface area contributed by atoms with E-state index in [1.54, 1.807) is 0 Å². The molecule has 0 bridgehead atoms. The van der Waals surface area contributed by atoms with E-state index in [9.17, 15) is 0 Å². The van der Waals surface area contributed by atoms with Crippen LogP contribution in [0.25, 0.3) is 0 Å². The van der Waals surface area contributed by atoms with E-state index in [4.69, 9.17) is 10.3 Å². The predicted molar refractivity (Wildman–Crippen MR) is 71.8 cm³/mol. The first-order valence-electron chi connectivity index (χ1n) is 6.25. The highest BCUT2D eigenvalue weighted by molar-refractivity contribution is 7.98. The molecule has 0 aromatic carbocycles. The van der Waals surface area contributed by atoms with Crippen molar-refractivity contribution < 1.29 is 4.52 Å². The van der Waals surface area contributed by atoms with E-state index in [0.29, 0.717) is 18.4 Å². The molecule has 0 aliphatic rings. The van der Waals surface area contributed by atoms with Gasteiger partial charge in [0.05, 0.1) is 5.75 Å². The van der Waals surface area contributed by atoms with Gasteiger partial charge in [-0.2, -0.15) is 16.7 Å². The molecule has 0 amide bonds. The van der Waals surface area contributed by atoms with Crippen LogP contribution in [0.5, 0.6) is 0 Å². The predicted octanol–water partition coefficient (Wildman–Crippen LogP) is 2.49. The number of thioether (sulfide) groups is 1. The van der Waals surface area contributed by atoms with Crippen LogP contribution in [-0.4, -0.2) is 22.4 Å². The molecule has 0 fully saturated rings. The molecular weight excluding hydrogens is 234 g/mol. The smallest absolute Gasteiger partial charge is 0.226 e. The van der Waals surface area contributed by atoms with E-state index in [0.717, 1.165) is 36.1 Å². The summed E-state index contributed by atoms with van der Waals surface area (Å²) in [6.45, 7) is 7.23. The zero-order valence-electron chi connectivity index (χ0n) is 11.0.